The van der Waals surface area contributed by atoms with E-state index < -0.39 is 0 Å². The standard InChI is InChI=1S/C16H21N3O2/c1-10-4-3-5-13(17-10)9-19-11(2)8-14(20)18-15(16(19)21)12-6-7-12/h3-5,11-12,15H,6-9H2,1-2H3,(H,18,20). The highest BCUT2D eigenvalue weighted by atomic mass is 16.2. The fourth-order valence-electron chi connectivity index (χ4n) is 2.91. The molecule has 2 unspecified atom stereocenters. The first-order chi connectivity index (χ1) is 10.0. The Morgan fingerprint density at radius 1 is 1.33 bits per heavy atom. The zero-order chi connectivity index (χ0) is 15.0. The molecule has 1 aliphatic carbocycles. The molecule has 1 aliphatic heterocycles. The van der Waals surface area contributed by atoms with E-state index in [1.807, 2.05) is 36.9 Å². The monoisotopic (exact) mass is 287 g/mol. The third-order valence-electron chi connectivity index (χ3n) is 4.25. The van der Waals surface area contributed by atoms with Crippen molar-refractivity contribution < 1.29 is 9.59 Å². The van der Waals surface area contributed by atoms with Crippen LogP contribution in [0, 0.1) is 12.8 Å². The summed E-state index contributed by atoms with van der Waals surface area (Å²) in [4.78, 5) is 31.0. The molecular formula is C16H21N3O2. The van der Waals surface area contributed by atoms with E-state index in [2.05, 4.69) is 10.3 Å². The fourth-order valence-corrected chi connectivity index (χ4v) is 2.91. The van der Waals surface area contributed by atoms with E-state index in [-0.39, 0.29) is 23.9 Å². The summed E-state index contributed by atoms with van der Waals surface area (Å²) in [5.74, 6) is 0.339. The summed E-state index contributed by atoms with van der Waals surface area (Å²) in [7, 11) is 0. The van der Waals surface area contributed by atoms with E-state index in [0.717, 1.165) is 24.2 Å². The van der Waals surface area contributed by atoms with E-state index in [1.165, 1.54) is 0 Å². The van der Waals surface area contributed by atoms with E-state index in [4.69, 9.17) is 0 Å². The number of amides is 2. The van der Waals surface area contributed by atoms with Crippen LogP contribution < -0.4 is 5.32 Å². The Balaban J connectivity index is 1.83. The maximum absolute atomic E-state index is 12.8. The van der Waals surface area contributed by atoms with Gasteiger partial charge in [-0.25, -0.2) is 0 Å². The van der Waals surface area contributed by atoms with Crippen LogP contribution >= 0.6 is 0 Å². The number of rotatable bonds is 3. The maximum Gasteiger partial charge on any atom is 0.246 e. The van der Waals surface area contributed by atoms with Crippen LogP contribution in [0.25, 0.3) is 0 Å². The Hall–Kier alpha value is -1.91. The largest absolute Gasteiger partial charge is 0.344 e. The normalized spacial score (nSPS) is 26.5. The van der Waals surface area contributed by atoms with Crippen molar-refractivity contribution in [2.45, 2.75) is 51.7 Å². The number of aromatic nitrogens is 1. The molecule has 0 radical (unpaired) electrons. The molecule has 2 fully saturated rings. The minimum atomic E-state index is -0.341. The number of pyridine rings is 1. The molecule has 1 saturated heterocycles. The first kappa shape index (κ1) is 14.0. The smallest absolute Gasteiger partial charge is 0.246 e. The maximum atomic E-state index is 12.8. The van der Waals surface area contributed by atoms with E-state index >= 15 is 0 Å². The van der Waals surface area contributed by atoms with Gasteiger partial charge in [0.2, 0.25) is 11.8 Å². The van der Waals surface area contributed by atoms with Gasteiger partial charge in [-0.1, -0.05) is 6.07 Å². The highest BCUT2D eigenvalue weighted by molar-refractivity contribution is 5.91. The van der Waals surface area contributed by atoms with Crippen molar-refractivity contribution in [3.8, 4) is 0 Å². The van der Waals surface area contributed by atoms with Gasteiger partial charge in [0.25, 0.3) is 0 Å². The van der Waals surface area contributed by atoms with Gasteiger partial charge in [-0.15, -0.1) is 0 Å². The molecular weight excluding hydrogens is 266 g/mol. The molecule has 3 rings (SSSR count). The second kappa shape index (κ2) is 5.47. The van der Waals surface area contributed by atoms with Gasteiger partial charge in [0.05, 0.1) is 12.2 Å². The molecule has 5 nitrogen and oxygen atoms in total. The lowest BCUT2D eigenvalue weighted by atomic mass is 10.1. The van der Waals surface area contributed by atoms with Crippen LogP contribution in [0.3, 0.4) is 0 Å². The second-order valence-electron chi connectivity index (χ2n) is 6.17. The molecule has 0 spiro atoms. The first-order valence-corrected chi connectivity index (χ1v) is 7.57. The number of hydrogen-bond donors (Lipinski definition) is 1. The molecule has 1 N–H and O–H groups in total. The average molecular weight is 287 g/mol. The van der Waals surface area contributed by atoms with Gasteiger partial charge in [0.15, 0.2) is 0 Å². The van der Waals surface area contributed by atoms with Gasteiger partial charge in [0, 0.05) is 18.2 Å². The summed E-state index contributed by atoms with van der Waals surface area (Å²) in [6.07, 6.45) is 2.42. The van der Waals surface area contributed by atoms with Gasteiger partial charge in [-0.05, 0) is 44.7 Å². The molecule has 1 aromatic heterocycles. The zero-order valence-corrected chi connectivity index (χ0v) is 12.5. The summed E-state index contributed by atoms with van der Waals surface area (Å²) in [6, 6.07) is 5.39. The Morgan fingerprint density at radius 2 is 2.10 bits per heavy atom. The van der Waals surface area contributed by atoms with Gasteiger partial charge in [-0.3, -0.25) is 14.6 Å². The molecule has 0 aromatic carbocycles. The number of nitrogens with one attached hydrogen (secondary N) is 1. The van der Waals surface area contributed by atoms with Crippen molar-refractivity contribution >= 4 is 11.8 Å². The van der Waals surface area contributed by atoms with Crippen LogP contribution in [0.15, 0.2) is 18.2 Å². The molecule has 2 heterocycles. The van der Waals surface area contributed by atoms with E-state index in [1.54, 1.807) is 0 Å². The molecule has 5 heteroatoms. The summed E-state index contributed by atoms with van der Waals surface area (Å²) in [5.41, 5.74) is 1.81. The Morgan fingerprint density at radius 3 is 2.76 bits per heavy atom. The summed E-state index contributed by atoms with van der Waals surface area (Å²) in [6.45, 7) is 4.34. The fraction of sp³-hybridized carbons (Fsp3) is 0.562. The number of nitrogens with zero attached hydrogens (tertiary/aromatic N) is 2. The van der Waals surface area contributed by atoms with E-state index in [9.17, 15) is 9.59 Å². The van der Waals surface area contributed by atoms with Crippen LogP contribution in [-0.4, -0.2) is 33.8 Å². The van der Waals surface area contributed by atoms with Gasteiger partial charge < -0.3 is 10.2 Å². The zero-order valence-electron chi connectivity index (χ0n) is 12.5. The van der Waals surface area contributed by atoms with Crippen LogP contribution in [-0.2, 0) is 16.1 Å². The Labute approximate surface area is 124 Å². The molecule has 1 saturated carbocycles. The summed E-state index contributed by atoms with van der Waals surface area (Å²) >= 11 is 0. The quantitative estimate of drug-likeness (QED) is 0.914. The lowest BCUT2D eigenvalue weighted by Gasteiger charge is -2.28. The summed E-state index contributed by atoms with van der Waals surface area (Å²) in [5, 5.41) is 2.90. The summed E-state index contributed by atoms with van der Waals surface area (Å²) < 4.78 is 0. The number of aryl methyl sites for hydroxylation is 1. The molecule has 2 aliphatic rings. The SMILES string of the molecule is Cc1cccc(CN2C(=O)C(C3CC3)NC(=O)CC2C)n1. The number of hydrogen-bond acceptors (Lipinski definition) is 3. The van der Waals surface area contributed by atoms with Crippen molar-refractivity contribution in [2.24, 2.45) is 5.92 Å². The van der Waals surface area contributed by atoms with Crippen LogP contribution in [0.5, 0.6) is 0 Å². The van der Waals surface area contributed by atoms with Crippen molar-refractivity contribution in [3.63, 3.8) is 0 Å². The van der Waals surface area contributed by atoms with Gasteiger partial charge >= 0.3 is 0 Å². The predicted molar refractivity (Wildman–Crippen MR) is 78.3 cm³/mol. The Kier molecular flexibility index (Phi) is 3.66. The molecule has 2 amide bonds. The lowest BCUT2D eigenvalue weighted by Crippen LogP contribution is -2.47. The van der Waals surface area contributed by atoms with Crippen LogP contribution in [0.4, 0.5) is 0 Å². The van der Waals surface area contributed by atoms with Gasteiger partial charge in [-0.2, -0.15) is 0 Å². The van der Waals surface area contributed by atoms with Crippen LogP contribution in [0.2, 0.25) is 0 Å². The van der Waals surface area contributed by atoms with Crippen molar-refractivity contribution in [3.05, 3.63) is 29.6 Å². The minimum Gasteiger partial charge on any atom is -0.344 e. The topological polar surface area (TPSA) is 62.3 Å². The third kappa shape index (κ3) is 3.06. The highest BCUT2D eigenvalue weighted by Crippen LogP contribution is 2.35. The molecule has 21 heavy (non-hydrogen) atoms. The average Bonchev–Trinajstić information content (AvgIpc) is 3.25. The Bertz CT molecular complexity index is 568. The van der Waals surface area contributed by atoms with Crippen LogP contribution in [0.1, 0.15) is 37.6 Å². The molecule has 0 bridgehead atoms. The number of carbonyl (C=O) groups excluding carboxylic acids is 2. The van der Waals surface area contributed by atoms with E-state index in [0.29, 0.717) is 18.9 Å². The molecule has 2 atom stereocenters. The van der Waals surface area contributed by atoms with Crippen molar-refractivity contribution in [2.75, 3.05) is 0 Å². The van der Waals surface area contributed by atoms with Crippen molar-refractivity contribution in [1.82, 2.24) is 15.2 Å². The number of carbonyl (C=O) groups is 2. The second-order valence-corrected chi connectivity index (χ2v) is 6.17. The first-order valence-electron chi connectivity index (χ1n) is 7.57. The van der Waals surface area contributed by atoms with Crippen molar-refractivity contribution in [1.29, 1.82) is 0 Å². The molecule has 1 aromatic rings. The minimum absolute atomic E-state index is 0.0209. The molecule has 112 valence electrons. The van der Waals surface area contributed by atoms with Gasteiger partial charge in [0.1, 0.15) is 6.04 Å². The lowest BCUT2D eigenvalue weighted by molar-refractivity contribution is -0.136. The highest BCUT2D eigenvalue weighted by Gasteiger charge is 2.42. The third-order valence-corrected chi connectivity index (χ3v) is 4.25. The predicted octanol–water partition coefficient (Wildman–Crippen LogP) is 1.41.